The first kappa shape index (κ1) is 17.3. The van der Waals surface area contributed by atoms with Gasteiger partial charge in [0, 0.05) is 50.6 Å². The van der Waals surface area contributed by atoms with Crippen LogP contribution in [0.25, 0.3) is 0 Å². The minimum atomic E-state index is -0.487. The largest absolute Gasteiger partial charge is 0.389 e. The van der Waals surface area contributed by atoms with Crippen LogP contribution in [0.5, 0.6) is 0 Å². The van der Waals surface area contributed by atoms with Crippen LogP contribution in [0.2, 0.25) is 0 Å². The number of hydrogen-bond donors (Lipinski definition) is 1. The summed E-state index contributed by atoms with van der Waals surface area (Å²) in [5.41, 5.74) is 2.29. The molecule has 2 aromatic heterocycles. The Morgan fingerprint density at radius 3 is 3.04 bits per heavy atom. The molecule has 0 aromatic carbocycles. The van der Waals surface area contributed by atoms with Gasteiger partial charge in [-0.25, -0.2) is 9.97 Å². The number of aliphatic hydroxyl groups is 1. The Hall–Kier alpha value is -1.54. The zero-order chi connectivity index (χ0) is 16.9. The summed E-state index contributed by atoms with van der Waals surface area (Å²) >= 11 is 1.67. The molecule has 1 atom stereocenters. The lowest BCUT2D eigenvalue weighted by Crippen LogP contribution is -2.39. The van der Waals surface area contributed by atoms with Gasteiger partial charge in [0.15, 0.2) is 0 Å². The predicted octanol–water partition coefficient (Wildman–Crippen LogP) is 1.54. The second-order valence-electron chi connectivity index (χ2n) is 6.25. The Morgan fingerprint density at radius 1 is 1.42 bits per heavy atom. The molecule has 24 heavy (non-hydrogen) atoms. The molecule has 0 radical (unpaired) electrons. The molecular formula is C17H24N4O2S. The van der Waals surface area contributed by atoms with E-state index >= 15 is 0 Å². The number of nitrogens with zero attached hydrogens (tertiary/aromatic N) is 4. The fraction of sp³-hybridized carbons (Fsp3) is 0.529. The third-order valence-corrected chi connectivity index (χ3v) is 4.94. The van der Waals surface area contributed by atoms with Gasteiger partial charge in [-0.3, -0.25) is 4.90 Å². The van der Waals surface area contributed by atoms with E-state index in [4.69, 9.17) is 4.74 Å². The smallest absolute Gasteiger partial charge is 0.136 e. The fourth-order valence-electron chi connectivity index (χ4n) is 2.96. The van der Waals surface area contributed by atoms with Crippen molar-refractivity contribution in [2.45, 2.75) is 25.7 Å². The van der Waals surface area contributed by atoms with Crippen molar-refractivity contribution in [3.05, 3.63) is 40.0 Å². The maximum absolute atomic E-state index is 10.3. The molecule has 3 heterocycles. The zero-order valence-corrected chi connectivity index (χ0v) is 15.0. The molecule has 0 spiro atoms. The highest BCUT2D eigenvalue weighted by Gasteiger charge is 2.23. The molecule has 0 saturated carbocycles. The molecule has 6 nitrogen and oxygen atoms in total. The van der Waals surface area contributed by atoms with Crippen molar-refractivity contribution in [3.63, 3.8) is 0 Å². The first-order valence-electron chi connectivity index (χ1n) is 8.14. The van der Waals surface area contributed by atoms with E-state index in [0.717, 1.165) is 31.0 Å². The third-order valence-electron chi connectivity index (χ3n) is 4.09. The van der Waals surface area contributed by atoms with Gasteiger partial charge >= 0.3 is 0 Å². The SMILES string of the molecule is CN(C)c1ncnc2c1CN(C[C@H](O)COCc1cccs1)CC2. The van der Waals surface area contributed by atoms with Gasteiger partial charge in [-0.1, -0.05) is 6.07 Å². The Morgan fingerprint density at radius 2 is 2.29 bits per heavy atom. The van der Waals surface area contributed by atoms with Crippen LogP contribution < -0.4 is 4.90 Å². The minimum Gasteiger partial charge on any atom is -0.389 e. The van der Waals surface area contributed by atoms with Crippen LogP contribution in [0.15, 0.2) is 23.8 Å². The first-order chi connectivity index (χ1) is 11.6. The summed E-state index contributed by atoms with van der Waals surface area (Å²) in [4.78, 5) is 14.2. The summed E-state index contributed by atoms with van der Waals surface area (Å²) in [6, 6.07) is 4.05. The standard InChI is InChI=1S/C17H24N4O2S/c1-20(2)17-15-9-21(6-5-16(15)18-12-19-17)8-13(22)10-23-11-14-4-3-7-24-14/h3-4,7,12-13,22H,5-6,8-11H2,1-2H3/t13-/m0/s1. The molecule has 0 unspecified atom stereocenters. The molecular weight excluding hydrogens is 324 g/mol. The fourth-order valence-corrected chi connectivity index (χ4v) is 3.60. The molecule has 7 heteroatoms. The normalized spacial score (nSPS) is 16.0. The van der Waals surface area contributed by atoms with Gasteiger partial charge in [-0.05, 0) is 11.4 Å². The summed E-state index contributed by atoms with van der Waals surface area (Å²) in [6.45, 7) is 3.19. The monoisotopic (exact) mass is 348 g/mol. The zero-order valence-electron chi connectivity index (χ0n) is 14.2. The minimum absolute atomic E-state index is 0.354. The average Bonchev–Trinajstić information content (AvgIpc) is 3.07. The lowest BCUT2D eigenvalue weighted by molar-refractivity contribution is 0.00840. The van der Waals surface area contributed by atoms with E-state index in [1.54, 1.807) is 17.7 Å². The predicted molar refractivity (Wildman–Crippen MR) is 95.3 cm³/mol. The molecule has 0 fully saturated rings. The van der Waals surface area contributed by atoms with Gasteiger partial charge in [-0.2, -0.15) is 0 Å². The number of anilines is 1. The molecule has 130 valence electrons. The second kappa shape index (κ2) is 8.02. The lowest BCUT2D eigenvalue weighted by Gasteiger charge is -2.31. The van der Waals surface area contributed by atoms with E-state index in [9.17, 15) is 5.11 Å². The maximum Gasteiger partial charge on any atom is 0.136 e. The van der Waals surface area contributed by atoms with Crippen molar-refractivity contribution < 1.29 is 9.84 Å². The van der Waals surface area contributed by atoms with Crippen LogP contribution in [0.3, 0.4) is 0 Å². The van der Waals surface area contributed by atoms with E-state index in [-0.39, 0.29) is 0 Å². The topological polar surface area (TPSA) is 61.7 Å². The summed E-state index contributed by atoms with van der Waals surface area (Å²) in [5, 5.41) is 12.3. The third kappa shape index (κ3) is 4.30. The average molecular weight is 348 g/mol. The second-order valence-corrected chi connectivity index (χ2v) is 7.28. The summed E-state index contributed by atoms with van der Waals surface area (Å²) in [5.74, 6) is 0.966. The van der Waals surface area contributed by atoms with Crippen LogP contribution in [-0.4, -0.2) is 59.9 Å². The van der Waals surface area contributed by atoms with Gasteiger partial charge < -0.3 is 14.7 Å². The van der Waals surface area contributed by atoms with E-state index in [0.29, 0.717) is 19.8 Å². The van der Waals surface area contributed by atoms with Gasteiger partial charge in [-0.15, -0.1) is 11.3 Å². The van der Waals surface area contributed by atoms with Crippen molar-refractivity contribution in [1.29, 1.82) is 0 Å². The molecule has 0 bridgehead atoms. The molecule has 0 saturated heterocycles. The van der Waals surface area contributed by atoms with Crippen LogP contribution in [0, 0.1) is 0 Å². The molecule has 0 aliphatic carbocycles. The van der Waals surface area contributed by atoms with Crippen molar-refractivity contribution in [1.82, 2.24) is 14.9 Å². The van der Waals surface area contributed by atoms with Crippen LogP contribution in [0.1, 0.15) is 16.1 Å². The summed E-state index contributed by atoms with van der Waals surface area (Å²) in [7, 11) is 3.99. The van der Waals surface area contributed by atoms with Crippen molar-refractivity contribution in [3.8, 4) is 0 Å². The number of ether oxygens (including phenoxy) is 1. The number of fused-ring (bicyclic) bond motifs is 1. The summed E-state index contributed by atoms with van der Waals surface area (Å²) < 4.78 is 5.61. The number of β-amino-alcohol motifs (C(OH)–C–C–N with tert-alkyl or cyclic N) is 1. The van der Waals surface area contributed by atoms with E-state index < -0.39 is 6.10 Å². The van der Waals surface area contributed by atoms with Crippen LogP contribution >= 0.6 is 11.3 Å². The number of aliphatic hydroxyl groups excluding tert-OH is 1. The lowest BCUT2D eigenvalue weighted by atomic mass is 10.1. The van der Waals surface area contributed by atoms with Gasteiger partial charge in [0.1, 0.15) is 12.1 Å². The number of hydrogen-bond acceptors (Lipinski definition) is 7. The Labute approximate surface area is 146 Å². The summed E-state index contributed by atoms with van der Waals surface area (Å²) in [6.07, 6.45) is 2.04. The highest BCUT2D eigenvalue weighted by Crippen LogP contribution is 2.24. The molecule has 1 aliphatic heterocycles. The van der Waals surface area contributed by atoms with Gasteiger partial charge in [0.2, 0.25) is 0 Å². The Balaban J connectivity index is 1.51. The maximum atomic E-state index is 10.3. The Bertz CT molecular complexity index is 648. The van der Waals surface area contributed by atoms with E-state index in [2.05, 4.69) is 14.9 Å². The van der Waals surface area contributed by atoms with Gasteiger partial charge in [0.05, 0.1) is 25.0 Å². The number of thiophene rings is 1. The Kier molecular flexibility index (Phi) is 5.78. The molecule has 2 aromatic rings. The number of rotatable bonds is 7. The molecule has 3 rings (SSSR count). The quantitative estimate of drug-likeness (QED) is 0.819. The van der Waals surface area contributed by atoms with Crippen LogP contribution in [-0.2, 0) is 24.3 Å². The molecule has 1 aliphatic rings. The van der Waals surface area contributed by atoms with Crippen LogP contribution in [0.4, 0.5) is 5.82 Å². The van der Waals surface area contributed by atoms with Gasteiger partial charge in [0.25, 0.3) is 0 Å². The highest BCUT2D eigenvalue weighted by molar-refractivity contribution is 7.09. The molecule has 1 N–H and O–H groups in total. The number of aromatic nitrogens is 2. The van der Waals surface area contributed by atoms with Crippen molar-refractivity contribution >= 4 is 17.2 Å². The van der Waals surface area contributed by atoms with Crippen molar-refractivity contribution in [2.75, 3.05) is 38.7 Å². The van der Waals surface area contributed by atoms with E-state index in [1.165, 1.54) is 10.4 Å². The highest BCUT2D eigenvalue weighted by atomic mass is 32.1. The van der Waals surface area contributed by atoms with E-state index in [1.807, 2.05) is 36.5 Å². The van der Waals surface area contributed by atoms with Crippen molar-refractivity contribution in [2.24, 2.45) is 0 Å². The molecule has 0 amide bonds. The first-order valence-corrected chi connectivity index (χ1v) is 9.02.